The summed E-state index contributed by atoms with van der Waals surface area (Å²) in [6.07, 6.45) is 4.09. The number of anilines is 1. The van der Waals surface area contributed by atoms with Gasteiger partial charge in [0.25, 0.3) is 0 Å². The zero-order valence-electron chi connectivity index (χ0n) is 9.71. The molecule has 0 saturated heterocycles. The number of aromatic nitrogens is 1. The van der Waals surface area contributed by atoms with Crippen LogP contribution in [0, 0.1) is 0 Å². The van der Waals surface area contributed by atoms with Crippen LogP contribution in [0.25, 0.3) is 22.4 Å². The van der Waals surface area contributed by atoms with Gasteiger partial charge in [-0.3, -0.25) is 0 Å². The molecule has 18 heavy (non-hydrogen) atoms. The van der Waals surface area contributed by atoms with Crippen LogP contribution in [0.5, 0.6) is 0 Å². The van der Waals surface area contributed by atoms with Gasteiger partial charge in [-0.05, 0) is 35.9 Å². The van der Waals surface area contributed by atoms with E-state index in [1.807, 2.05) is 48.5 Å². The lowest BCUT2D eigenvalue weighted by atomic mass is 10.2. The molecule has 2 nitrogen and oxygen atoms in total. The van der Waals surface area contributed by atoms with Crippen LogP contribution in [0.3, 0.4) is 0 Å². The molecule has 0 amide bonds. The molecule has 2 N–H and O–H groups in total. The first kappa shape index (κ1) is 11.0. The number of rotatable bonds is 2. The van der Waals surface area contributed by atoms with Crippen molar-refractivity contribution in [2.75, 3.05) is 5.73 Å². The summed E-state index contributed by atoms with van der Waals surface area (Å²) in [6.45, 7) is 0. The Morgan fingerprint density at radius 1 is 0.944 bits per heavy atom. The standard InChI is InChI=1S/C15H12N2S/c16-12-8-5-11(6-9-12)7-10-15-17-13-3-1-2-4-14(13)18-15/h1-10H,16H2/b10-7+. The summed E-state index contributed by atoms with van der Waals surface area (Å²) in [5.74, 6) is 0. The maximum Gasteiger partial charge on any atom is 0.117 e. The lowest BCUT2D eigenvalue weighted by Crippen LogP contribution is -1.82. The first-order valence-electron chi connectivity index (χ1n) is 5.70. The van der Waals surface area contributed by atoms with Crippen LogP contribution in [0.15, 0.2) is 48.5 Å². The summed E-state index contributed by atoms with van der Waals surface area (Å²) in [7, 11) is 0. The molecule has 1 aromatic heterocycles. The molecule has 0 atom stereocenters. The van der Waals surface area contributed by atoms with Crippen LogP contribution in [-0.2, 0) is 0 Å². The van der Waals surface area contributed by atoms with Gasteiger partial charge in [0.05, 0.1) is 10.2 Å². The quantitative estimate of drug-likeness (QED) is 0.699. The molecule has 0 radical (unpaired) electrons. The van der Waals surface area contributed by atoms with Crippen molar-refractivity contribution in [1.29, 1.82) is 0 Å². The zero-order chi connectivity index (χ0) is 12.4. The van der Waals surface area contributed by atoms with Crippen molar-refractivity contribution < 1.29 is 0 Å². The van der Waals surface area contributed by atoms with Crippen molar-refractivity contribution in [2.45, 2.75) is 0 Å². The number of thiazole rings is 1. The van der Waals surface area contributed by atoms with Crippen molar-refractivity contribution in [3.8, 4) is 0 Å². The van der Waals surface area contributed by atoms with Gasteiger partial charge < -0.3 is 5.73 Å². The van der Waals surface area contributed by atoms with Crippen molar-refractivity contribution in [1.82, 2.24) is 4.98 Å². The summed E-state index contributed by atoms with van der Waals surface area (Å²) in [6, 6.07) is 16.0. The number of fused-ring (bicyclic) bond motifs is 1. The third kappa shape index (κ3) is 2.26. The largest absolute Gasteiger partial charge is 0.399 e. The van der Waals surface area contributed by atoms with Crippen LogP contribution in [0.4, 0.5) is 5.69 Å². The van der Waals surface area contributed by atoms with Crippen molar-refractivity contribution in [3.05, 3.63) is 59.1 Å². The Morgan fingerprint density at radius 2 is 1.72 bits per heavy atom. The smallest absolute Gasteiger partial charge is 0.117 e. The highest BCUT2D eigenvalue weighted by atomic mass is 32.1. The lowest BCUT2D eigenvalue weighted by molar-refractivity contribution is 1.46. The fourth-order valence-corrected chi connectivity index (χ4v) is 2.61. The van der Waals surface area contributed by atoms with Crippen LogP contribution < -0.4 is 5.73 Å². The second kappa shape index (κ2) is 4.63. The molecule has 3 aromatic rings. The molecule has 0 aliphatic rings. The van der Waals surface area contributed by atoms with E-state index in [0.717, 1.165) is 21.8 Å². The predicted octanol–water partition coefficient (Wildman–Crippen LogP) is 4.05. The van der Waals surface area contributed by atoms with Gasteiger partial charge in [0, 0.05) is 5.69 Å². The minimum absolute atomic E-state index is 0.784. The SMILES string of the molecule is Nc1ccc(/C=C/c2nc3ccccc3s2)cc1. The van der Waals surface area contributed by atoms with Crippen molar-refractivity contribution in [2.24, 2.45) is 0 Å². The monoisotopic (exact) mass is 252 g/mol. The van der Waals surface area contributed by atoms with Crippen LogP contribution in [-0.4, -0.2) is 4.98 Å². The first-order valence-corrected chi connectivity index (χ1v) is 6.52. The predicted molar refractivity (Wildman–Crippen MR) is 79.4 cm³/mol. The third-order valence-electron chi connectivity index (χ3n) is 2.67. The van der Waals surface area contributed by atoms with E-state index in [4.69, 9.17) is 5.73 Å². The number of nitrogens with zero attached hydrogens (tertiary/aromatic N) is 1. The number of nitrogens with two attached hydrogens (primary N) is 1. The molecule has 0 saturated carbocycles. The Kier molecular flexibility index (Phi) is 2.82. The third-order valence-corrected chi connectivity index (χ3v) is 3.67. The topological polar surface area (TPSA) is 38.9 Å². The van der Waals surface area contributed by atoms with Gasteiger partial charge in [-0.2, -0.15) is 0 Å². The molecular formula is C15H12N2S. The Bertz CT molecular complexity index is 663. The van der Waals surface area contributed by atoms with Gasteiger partial charge >= 0.3 is 0 Å². The van der Waals surface area contributed by atoms with E-state index in [2.05, 4.69) is 17.1 Å². The van der Waals surface area contributed by atoms with Crippen molar-refractivity contribution in [3.63, 3.8) is 0 Å². The number of nitrogen functional groups attached to an aromatic ring is 1. The molecule has 3 heteroatoms. The Hall–Kier alpha value is -2.13. The normalized spacial score (nSPS) is 11.3. The fraction of sp³-hybridized carbons (Fsp3) is 0. The average Bonchev–Trinajstić information content (AvgIpc) is 2.81. The second-order valence-corrected chi connectivity index (χ2v) is 5.08. The van der Waals surface area contributed by atoms with Gasteiger partial charge in [-0.15, -0.1) is 11.3 Å². The van der Waals surface area contributed by atoms with Crippen LogP contribution in [0.1, 0.15) is 10.6 Å². The van der Waals surface area contributed by atoms with Gasteiger partial charge in [0.15, 0.2) is 0 Å². The van der Waals surface area contributed by atoms with Crippen LogP contribution >= 0.6 is 11.3 Å². The highest BCUT2D eigenvalue weighted by molar-refractivity contribution is 7.19. The van der Waals surface area contributed by atoms with E-state index < -0.39 is 0 Å². The minimum atomic E-state index is 0.784. The molecule has 0 unspecified atom stereocenters. The summed E-state index contributed by atoms with van der Waals surface area (Å²) in [5, 5.41) is 1.02. The van der Waals surface area contributed by atoms with E-state index in [1.165, 1.54) is 4.70 Å². The lowest BCUT2D eigenvalue weighted by Gasteiger charge is -1.93. The molecule has 0 bridgehead atoms. The fourth-order valence-electron chi connectivity index (χ4n) is 1.74. The average molecular weight is 252 g/mol. The second-order valence-electron chi connectivity index (χ2n) is 4.02. The van der Waals surface area contributed by atoms with E-state index in [1.54, 1.807) is 11.3 Å². The molecule has 0 fully saturated rings. The first-order chi connectivity index (χ1) is 8.81. The van der Waals surface area contributed by atoms with Gasteiger partial charge in [-0.25, -0.2) is 4.98 Å². The highest BCUT2D eigenvalue weighted by Gasteiger charge is 1.99. The Balaban J connectivity index is 1.89. The summed E-state index contributed by atoms with van der Waals surface area (Å²) in [4.78, 5) is 4.55. The molecule has 2 aromatic carbocycles. The van der Waals surface area contributed by atoms with Gasteiger partial charge in [0.2, 0.25) is 0 Å². The van der Waals surface area contributed by atoms with E-state index >= 15 is 0 Å². The van der Waals surface area contributed by atoms with Gasteiger partial charge in [0.1, 0.15) is 5.01 Å². The van der Waals surface area contributed by atoms with E-state index in [0.29, 0.717) is 0 Å². The number of hydrogen-bond acceptors (Lipinski definition) is 3. The number of para-hydroxylation sites is 1. The van der Waals surface area contributed by atoms with Crippen molar-refractivity contribution >= 4 is 39.4 Å². The highest BCUT2D eigenvalue weighted by Crippen LogP contribution is 2.23. The molecule has 0 aliphatic carbocycles. The summed E-state index contributed by atoms with van der Waals surface area (Å²) < 4.78 is 1.22. The minimum Gasteiger partial charge on any atom is -0.399 e. The maximum absolute atomic E-state index is 5.65. The summed E-state index contributed by atoms with van der Waals surface area (Å²) in [5.41, 5.74) is 8.62. The van der Waals surface area contributed by atoms with Gasteiger partial charge in [-0.1, -0.05) is 30.3 Å². The maximum atomic E-state index is 5.65. The van der Waals surface area contributed by atoms with E-state index in [9.17, 15) is 0 Å². The number of hydrogen-bond donors (Lipinski definition) is 1. The number of benzene rings is 2. The van der Waals surface area contributed by atoms with E-state index in [-0.39, 0.29) is 0 Å². The molecule has 3 rings (SSSR count). The Labute approximate surface area is 109 Å². The molecule has 0 aliphatic heterocycles. The summed E-state index contributed by atoms with van der Waals surface area (Å²) >= 11 is 1.70. The molecule has 88 valence electrons. The molecule has 0 spiro atoms. The molecular weight excluding hydrogens is 240 g/mol. The van der Waals surface area contributed by atoms with Crippen LogP contribution in [0.2, 0.25) is 0 Å². The Morgan fingerprint density at radius 3 is 2.50 bits per heavy atom. The molecule has 1 heterocycles. The zero-order valence-corrected chi connectivity index (χ0v) is 10.5.